The minimum atomic E-state index is -0.450. The van der Waals surface area contributed by atoms with Crippen LogP contribution in [0.3, 0.4) is 0 Å². The van der Waals surface area contributed by atoms with E-state index in [1.165, 1.54) is 4.57 Å². The number of hydrogen-bond donors (Lipinski definition) is 0. The van der Waals surface area contributed by atoms with Gasteiger partial charge >= 0.3 is 6.09 Å². The normalized spacial score (nSPS) is 10.4. The molecular weight excluding hydrogens is 270 g/mol. The van der Waals surface area contributed by atoms with Crippen molar-refractivity contribution in [3.05, 3.63) is 47.3 Å². The molecule has 0 atom stereocenters. The highest BCUT2D eigenvalue weighted by atomic mass is 79.9. The molecule has 0 unspecified atom stereocenters. The van der Waals surface area contributed by atoms with Crippen LogP contribution in [0.5, 0.6) is 0 Å². The molecule has 16 heavy (non-hydrogen) atoms. The van der Waals surface area contributed by atoms with Crippen LogP contribution < -0.4 is 0 Å². The minimum absolute atomic E-state index is 0.374. The van der Waals surface area contributed by atoms with Gasteiger partial charge in [0, 0.05) is 16.1 Å². The summed E-state index contributed by atoms with van der Waals surface area (Å²) < 4.78 is 7.28. The number of ether oxygens (including phenoxy) is 1. The van der Waals surface area contributed by atoms with Gasteiger partial charge in [-0.25, -0.2) is 4.79 Å². The molecule has 0 bridgehead atoms. The molecule has 0 fully saturated rings. The van der Waals surface area contributed by atoms with Crippen molar-refractivity contribution in [3.63, 3.8) is 0 Å². The SMILES string of the molecule is C=C(C)OC(=O)n1cc(Br)c2ccccc21. The summed E-state index contributed by atoms with van der Waals surface area (Å²) in [6.07, 6.45) is 1.24. The van der Waals surface area contributed by atoms with Crippen molar-refractivity contribution in [1.82, 2.24) is 4.57 Å². The predicted octanol–water partition coefficient (Wildman–Crippen LogP) is 3.92. The second-order valence-electron chi connectivity index (χ2n) is 3.43. The van der Waals surface area contributed by atoms with Gasteiger partial charge in [-0.15, -0.1) is 0 Å². The van der Waals surface area contributed by atoms with E-state index in [-0.39, 0.29) is 0 Å². The summed E-state index contributed by atoms with van der Waals surface area (Å²) in [5.74, 6) is 0.374. The molecular formula is C12H10BrNO2. The van der Waals surface area contributed by atoms with Crippen LogP contribution in [-0.2, 0) is 4.74 Å². The molecule has 4 heteroatoms. The lowest BCUT2D eigenvalue weighted by molar-refractivity contribution is 0.179. The molecule has 0 radical (unpaired) electrons. The Kier molecular flexibility index (Phi) is 2.83. The van der Waals surface area contributed by atoms with Gasteiger partial charge < -0.3 is 4.74 Å². The van der Waals surface area contributed by atoms with Crippen molar-refractivity contribution in [2.75, 3.05) is 0 Å². The van der Waals surface area contributed by atoms with Crippen molar-refractivity contribution in [2.24, 2.45) is 0 Å². The first-order chi connectivity index (χ1) is 7.59. The lowest BCUT2D eigenvalue weighted by Gasteiger charge is -2.04. The molecule has 1 aromatic heterocycles. The summed E-state index contributed by atoms with van der Waals surface area (Å²) in [5, 5.41) is 0.973. The first-order valence-corrected chi connectivity index (χ1v) is 5.52. The van der Waals surface area contributed by atoms with Crippen LogP contribution in [0.25, 0.3) is 10.9 Å². The van der Waals surface area contributed by atoms with E-state index in [0.717, 1.165) is 15.4 Å². The van der Waals surface area contributed by atoms with Gasteiger partial charge in [-0.05, 0) is 28.9 Å². The largest absolute Gasteiger partial charge is 0.423 e. The standard InChI is InChI=1S/C12H10BrNO2/c1-8(2)16-12(15)14-7-10(13)9-5-3-4-6-11(9)14/h3-7H,1H2,2H3. The summed E-state index contributed by atoms with van der Waals surface area (Å²) in [7, 11) is 0. The van der Waals surface area contributed by atoms with Crippen molar-refractivity contribution in [2.45, 2.75) is 6.92 Å². The van der Waals surface area contributed by atoms with Gasteiger partial charge in [-0.3, -0.25) is 4.57 Å². The first kappa shape index (κ1) is 11.0. The molecule has 2 aromatic rings. The number of rotatable bonds is 1. The van der Waals surface area contributed by atoms with Crippen LogP contribution in [0.1, 0.15) is 6.92 Å². The zero-order valence-electron chi connectivity index (χ0n) is 8.74. The van der Waals surface area contributed by atoms with Gasteiger partial charge in [0.05, 0.1) is 11.3 Å². The maximum atomic E-state index is 11.7. The molecule has 0 spiro atoms. The van der Waals surface area contributed by atoms with Gasteiger partial charge in [0.25, 0.3) is 0 Å². The minimum Gasteiger partial charge on any atom is -0.415 e. The molecule has 0 amide bonds. The van der Waals surface area contributed by atoms with E-state index in [9.17, 15) is 4.79 Å². The van der Waals surface area contributed by atoms with E-state index in [2.05, 4.69) is 22.5 Å². The number of carbonyl (C=O) groups excluding carboxylic acids is 1. The van der Waals surface area contributed by atoms with Crippen molar-refractivity contribution in [1.29, 1.82) is 0 Å². The van der Waals surface area contributed by atoms with Crippen LogP contribution >= 0.6 is 15.9 Å². The molecule has 0 N–H and O–H groups in total. The molecule has 82 valence electrons. The van der Waals surface area contributed by atoms with E-state index >= 15 is 0 Å². The highest BCUT2D eigenvalue weighted by Crippen LogP contribution is 2.26. The number of nitrogens with zero attached hydrogens (tertiary/aromatic N) is 1. The lowest BCUT2D eigenvalue weighted by Crippen LogP contribution is -2.10. The number of hydrogen-bond acceptors (Lipinski definition) is 2. The number of allylic oxidation sites excluding steroid dienone is 1. The quantitative estimate of drug-likeness (QED) is 0.741. The fraction of sp³-hybridized carbons (Fsp3) is 0.0833. The summed E-state index contributed by atoms with van der Waals surface area (Å²) >= 11 is 3.40. The summed E-state index contributed by atoms with van der Waals surface area (Å²) in [6, 6.07) is 7.59. The molecule has 0 aliphatic heterocycles. The lowest BCUT2D eigenvalue weighted by atomic mass is 10.2. The Morgan fingerprint density at radius 1 is 1.44 bits per heavy atom. The Hall–Kier alpha value is -1.55. The van der Waals surface area contributed by atoms with Crippen LogP contribution in [0.4, 0.5) is 4.79 Å². The highest BCUT2D eigenvalue weighted by molar-refractivity contribution is 9.10. The van der Waals surface area contributed by atoms with E-state index in [1.807, 2.05) is 24.3 Å². The molecule has 2 rings (SSSR count). The third-order valence-corrected chi connectivity index (χ3v) is 2.75. The average molecular weight is 280 g/mol. The van der Waals surface area contributed by atoms with E-state index in [0.29, 0.717) is 5.76 Å². The smallest absolute Gasteiger partial charge is 0.415 e. The Morgan fingerprint density at radius 3 is 2.81 bits per heavy atom. The Balaban J connectivity index is 2.53. The van der Waals surface area contributed by atoms with E-state index < -0.39 is 6.09 Å². The number of carbonyl (C=O) groups is 1. The third kappa shape index (κ3) is 1.88. The van der Waals surface area contributed by atoms with Crippen molar-refractivity contribution < 1.29 is 9.53 Å². The zero-order chi connectivity index (χ0) is 11.7. The molecule has 1 heterocycles. The van der Waals surface area contributed by atoms with Crippen molar-refractivity contribution in [3.8, 4) is 0 Å². The number of aromatic nitrogens is 1. The molecule has 1 aromatic carbocycles. The van der Waals surface area contributed by atoms with Gasteiger partial charge in [0.1, 0.15) is 0 Å². The molecule has 0 aliphatic carbocycles. The molecule has 0 aliphatic rings. The molecule has 3 nitrogen and oxygen atoms in total. The van der Waals surface area contributed by atoms with Gasteiger partial charge in [-0.2, -0.15) is 0 Å². The zero-order valence-corrected chi connectivity index (χ0v) is 10.3. The summed E-state index contributed by atoms with van der Waals surface area (Å²) in [6.45, 7) is 5.18. The number of para-hydroxylation sites is 1. The monoisotopic (exact) mass is 279 g/mol. The van der Waals surface area contributed by atoms with Gasteiger partial charge in [-0.1, -0.05) is 24.8 Å². The number of fused-ring (bicyclic) bond motifs is 1. The highest BCUT2D eigenvalue weighted by Gasteiger charge is 2.12. The third-order valence-electron chi connectivity index (χ3n) is 2.12. The van der Waals surface area contributed by atoms with Crippen LogP contribution in [0, 0.1) is 0 Å². The second kappa shape index (κ2) is 4.14. The van der Waals surface area contributed by atoms with Crippen LogP contribution in [0.15, 0.2) is 47.3 Å². The van der Waals surface area contributed by atoms with Crippen molar-refractivity contribution >= 4 is 32.9 Å². The van der Waals surface area contributed by atoms with Gasteiger partial charge in [0.2, 0.25) is 0 Å². The molecule has 0 saturated carbocycles. The predicted molar refractivity (Wildman–Crippen MR) is 66.3 cm³/mol. The Morgan fingerprint density at radius 2 is 2.12 bits per heavy atom. The number of benzene rings is 1. The Bertz CT molecular complexity index is 571. The topological polar surface area (TPSA) is 31.2 Å². The van der Waals surface area contributed by atoms with Gasteiger partial charge in [0.15, 0.2) is 0 Å². The summed E-state index contributed by atoms with van der Waals surface area (Å²) in [5.41, 5.74) is 0.806. The van der Waals surface area contributed by atoms with E-state index in [4.69, 9.17) is 4.74 Å². The Labute approximate surface area is 101 Å². The fourth-order valence-corrected chi connectivity index (χ4v) is 2.03. The summed E-state index contributed by atoms with van der Waals surface area (Å²) in [4.78, 5) is 11.7. The fourth-order valence-electron chi connectivity index (χ4n) is 1.49. The maximum Gasteiger partial charge on any atom is 0.423 e. The molecule has 0 saturated heterocycles. The number of halogens is 1. The average Bonchev–Trinajstić information content (AvgIpc) is 2.56. The first-order valence-electron chi connectivity index (χ1n) is 4.73. The maximum absolute atomic E-state index is 11.7. The second-order valence-corrected chi connectivity index (χ2v) is 4.29. The van der Waals surface area contributed by atoms with Crippen LogP contribution in [0.2, 0.25) is 0 Å². The van der Waals surface area contributed by atoms with E-state index in [1.54, 1.807) is 13.1 Å². The van der Waals surface area contributed by atoms with Crippen LogP contribution in [-0.4, -0.2) is 10.7 Å².